The SMILES string of the molecule is CCNCc1cc(Br)cc(C)c1OCc1sccc1Br. The Morgan fingerprint density at radius 3 is 2.75 bits per heavy atom. The summed E-state index contributed by atoms with van der Waals surface area (Å²) in [7, 11) is 0. The second-order valence-electron chi connectivity index (χ2n) is 4.47. The zero-order chi connectivity index (χ0) is 14.5. The van der Waals surface area contributed by atoms with Gasteiger partial charge in [-0.3, -0.25) is 0 Å². The Kier molecular flexibility index (Phi) is 6.08. The van der Waals surface area contributed by atoms with Gasteiger partial charge in [0.15, 0.2) is 0 Å². The lowest BCUT2D eigenvalue weighted by Gasteiger charge is -2.15. The Morgan fingerprint density at radius 1 is 1.30 bits per heavy atom. The van der Waals surface area contributed by atoms with Gasteiger partial charge in [0.25, 0.3) is 0 Å². The first kappa shape index (κ1) is 16.0. The van der Waals surface area contributed by atoms with Crippen LogP contribution in [0, 0.1) is 6.92 Å². The molecule has 2 rings (SSSR count). The molecule has 0 atom stereocenters. The van der Waals surface area contributed by atoms with Gasteiger partial charge in [0, 0.05) is 21.1 Å². The molecule has 0 saturated heterocycles. The summed E-state index contributed by atoms with van der Waals surface area (Å²) in [6.07, 6.45) is 0. The fourth-order valence-corrected chi connectivity index (χ4v) is 3.96. The van der Waals surface area contributed by atoms with Crippen LogP contribution in [0.25, 0.3) is 0 Å². The van der Waals surface area contributed by atoms with E-state index in [9.17, 15) is 0 Å². The van der Waals surface area contributed by atoms with Crippen LogP contribution in [0.15, 0.2) is 32.5 Å². The molecular formula is C15H17Br2NOS. The number of rotatable bonds is 6. The van der Waals surface area contributed by atoms with Crippen molar-refractivity contribution in [1.82, 2.24) is 5.32 Å². The Balaban J connectivity index is 2.18. The maximum atomic E-state index is 6.06. The summed E-state index contributed by atoms with van der Waals surface area (Å²) in [5.41, 5.74) is 2.34. The van der Waals surface area contributed by atoms with Crippen molar-refractivity contribution in [1.29, 1.82) is 0 Å². The lowest BCUT2D eigenvalue weighted by molar-refractivity contribution is 0.303. The molecule has 1 aromatic carbocycles. The van der Waals surface area contributed by atoms with Crippen LogP contribution in [0.5, 0.6) is 5.75 Å². The van der Waals surface area contributed by atoms with Crippen LogP contribution in [0.1, 0.15) is 22.9 Å². The average Bonchev–Trinajstić information content (AvgIpc) is 2.80. The molecule has 2 nitrogen and oxygen atoms in total. The Bertz CT molecular complexity index is 583. The van der Waals surface area contributed by atoms with Crippen LogP contribution >= 0.6 is 43.2 Å². The van der Waals surface area contributed by atoms with E-state index in [2.05, 4.69) is 74.6 Å². The Morgan fingerprint density at radius 2 is 2.10 bits per heavy atom. The van der Waals surface area contributed by atoms with E-state index in [0.717, 1.165) is 33.3 Å². The molecule has 108 valence electrons. The molecule has 0 saturated carbocycles. The summed E-state index contributed by atoms with van der Waals surface area (Å²) < 4.78 is 8.27. The van der Waals surface area contributed by atoms with E-state index in [-0.39, 0.29) is 0 Å². The number of aryl methyl sites for hydroxylation is 1. The topological polar surface area (TPSA) is 21.3 Å². The van der Waals surface area contributed by atoms with E-state index in [1.54, 1.807) is 11.3 Å². The molecule has 0 aliphatic carbocycles. The van der Waals surface area contributed by atoms with Crippen molar-refractivity contribution in [3.05, 3.63) is 48.5 Å². The molecule has 0 spiro atoms. The molecule has 5 heteroatoms. The van der Waals surface area contributed by atoms with Crippen molar-refractivity contribution in [3.63, 3.8) is 0 Å². The number of ether oxygens (including phenoxy) is 1. The number of hydrogen-bond donors (Lipinski definition) is 1. The molecular weight excluding hydrogens is 402 g/mol. The van der Waals surface area contributed by atoms with Crippen molar-refractivity contribution < 1.29 is 4.74 Å². The van der Waals surface area contributed by atoms with Gasteiger partial charge in [0.2, 0.25) is 0 Å². The van der Waals surface area contributed by atoms with Crippen molar-refractivity contribution >= 4 is 43.2 Å². The summed E-state index contributed by atoms with van der Waals surface area (Å²) in [6.45, 7) is 6.55. The van der Waals surface area contributed by atoms with Gasteiger partial charge in [-0.15, -0.1) is 11.3 Å². The van der Waals surface area contributed by atoms with Gasteiger partial charge in [-0.25, -0.2) is 0 Å². The van der Waals surface area contributed by atoms with Crippen molar-refractivity contribution in [2.45, 2.75) is 27.0 Å². The average molecular weight is 419 g/mol. The van der Waals surface area contributed by atoms with E-state index in [0.29, 0.717) is 6.61 Å². The van der Waals surface area contributed by atoms with Crippen LogP contribution in [0.4, 0.5) is 0 Å². The van der Waals surface area contributed by atoms with Crippen LogP contribution < -0.4 is 10.1 Å². The number of thiophene rings is 1. The second-order valence-corrected chi connectivity index (χ2v) is 7.24. The minimum atomic E-state index is 0.597. The van der Waals surface area contributed by atoms with Gasteiger partial charge < -0.3 is 10.1 Å². The molecule has 0 radical (unpaired) electrons. The number of halogens is 2. The number of nitrogens with one attached hydrogen (secondary N) is 1. The van der Waals surface area contributed by atoms with Crippen molar-refractivity contribution in [3.8, 4) is 5.75 Å². The van der Waals surface area contributed by atoms with Gasteiger partial charge in [0.1, 0.15) is 12.4 Å². The van der Waals surface area contributed by atoms with E-state index in [1.165, 1.54) is 10.4 Å². The Hall–Kier alpha value is -0.360. The molecule has 0 aliphatic heterocycles. The highest BCUT2D eigenvalue weighted by atomic mass is 79.9. The third-order valence-corrected chi connectivity index (χ3v) is 5.28. The molecule has 1 aromatic heterocycles. The van der Waals surface area contributed by atoms with E-state index < -0.39 is 0 Å². The minimum Gasteiger partial charge on any atom is -0.487 e. The maximum absolute atomic E-state index is 6.06. The highest BCUT2D eigenvalue weighted by Crippen LogP contribution is 2.30. The largest absolute Gasteiger partial charge is 0.487 e. The molecule has 0 amide bonds. The highest BCUT2D eigenvalue weighted by Gasteiger charge is 2.10. The lowest BCUT2D eigenvalue weighted by Crippen LogP contribution is -2.13. The van der Waals surface area contributed by atoms with Gasteiger partial charge >= 0.3 is 0 Å². The molecule has 20 heavy (non-hydrogen) atoms. The number of hydrogen-bond acceptors (Lipinski definition) is 3. The smallest absolute Gasteiger partial charge is 0.127 e. The van der Waals surface area contributed by atoms with E-state index in [1.807, 2.05) is 0 Å². The lowest BCUT2D eigenvalue weighted by atomic mass is 10.1. The third kappa shape index (κ3) is 4.07. The molecule has 1 heterocycles. The fraction of sp³-hybridized carbons (Fsp3) is 0.333. The first-order valence-electron chi connectivity index (χ1n) is 6.46. The predicted molar refractivity (Wildman–Crippen MR) is 92.6 cm³/mol. The molecule has 0 aliphatic rings. The predicted octanol–water partition coefficient (Wildman–Crippen LogP) is 5.27. The molecule has 1 N–H and O–H groups in total. The monoisotopic (exact) mass is 417 g/mol. The summed E-state index contributed by atoms with van der Waals surface area (Å²) in [6, 6.07) is 6.26. The highest BCUT2D eigenvalue weighted by molar-refractivity contribution is 9.10. The summed E-state index contributed by atoms with van der Waals surface area (Å²) in [4.78, 5) is 1.21. The van der Waals surface area contributed by atoms with E-state index in [4.69, 9.17) is 4.74 Å². The molecule has 0 fully saturated rings. The van der Waals surface area contributed by atoms with Crippen LogP contribution in [0.2, 0.25) is 0 Å². The van der Waals surface area contributed by atoms with Crippen LogP contribution in [-0.4, -0.2) is 6.54 Å². The minimum absolute atomic E-state index is 0.597. The summed E-state index contributed by atoms with van der Waals surface area (Å²) >= 11 is 8.80. The Labute approximate surface area is 140 Å². The van der Waals surface area contributed by atoms with Gasteiger partial charge in [-0.1, -0.05) is 22.9 Å². The summed E-state index contributed by atoms with van der Waals surface area (Å²) in [5, 5.41) is 5.42. The zero-order valence-electron chi connectivity index (χ0n) is 11.5. The van der Waals surface area contributed by atoms with Gasteiger partial charge in [-0.2, -0.15) is 0 Å². The van der Waals surface area contributed by atoms with Gasteiger partial charge in [0.05, 0.1) is 4.88 Å². The molecule has 0 unspecified atom stereocenters. The van der Waals surface area contributed by atoms with Crippen LogP contribution in [0.3, 0.4) is 0 Å². The summed E-state index contributed by atoms with van der Waals surface area (Å²) in [5.74, 6) is 0.981. The van der Waals surface area contributed by atoms with Crippen LogP contribution in [-0.2, 0) is 13.2 Å². The van der Waals surface area contributed by atoms with Crippen molar-refractivity contribution in [2.24, 2.45) is 0 Å². The normalized spacial score (nSPS) is 10.8. The first-order chi connectivity index (χ1) is 9.61. The first-order valence-corrected chi connectivity index (χ1v) is 8.92. The standard InChI is InChI=1S/C15H17Br2NOS/c1-3-18-8-11-7-12(16)6-10(2)15(11)19-9-14-13(17)4-5-20-14/h4-7,18H,3,8-9H2,1-2H3. The maximum Gasteiger partial charge on any atom is 0.127 e. The quantitative estimate of drug-likeness (QED) is 0.689. The second kappa shape index (κ2) is 7.59. The molecule has 0 bridgehead atoms. The fourth-order valence-electron chi connectivity index (χ4n) is 1.96. The van der Waals surface area contributed by atoms with E-state index >= 15 is 0 Å². The third-order valence-electron chi connectivity index (χ3n) is 2.92. The molecule has 2 aromatic rings. The van der Waals surface area contributed by atoms with Gasteiger partial charge in [-0.05, 0) is 58.5 Å². The van der Waals surface area contributed by atoms with Crippen molar-refractivity contribution in [2.75, 3.05) is 6.54 Å². The number of benzene rings is 1. The zero-order valence-corrected chi connectivity index (χ0v) is 15.5.